The Bertz CT molecular complexity index is 668. The summed E-state index contributed by atoms with van der Waals surface area (Å²) in [5.41, 5.74) is 2.15. The van der Waals surface area contributed by atoms with Gasteiger partial charge in [-0.05, 0) is 11.6 Å². The van der Waals surface area contributed by atoms with Gasteiger partial charge in [-0.3, -0.25) is 9.80 Å². The molecule has 1 heterocycles. The zero-order chi connectivity index (χ0) is 18.2. The predicted molar refractivity (Wildman–Crippen MR) is 118 cm³/mol. The van der Waals surface area contributed by atoms with Crippen molar-refractivity contribution in [2.45, 2.75) is 6.10 Å². The summed E-state index contributed by atoms with van der Waals surface area (Å²) in [7, 11) is 0. The molecular weight excluding hydrogens is 399 g/mol. The SMILES string of the molecule is Cl.Cl.OCCN1CCN(CC(O)COc2ccccc2-c2ccccc2)CC1. The molecule has 1 fully saturated rings. The standard InChI is InChI=1S/C21H28N2O3.2ClH/c24-15-14-22-10-12-23(13-11-22)16-19(25)17-26-21-9-5-4-8-20(21)18-6-2-1-3-7-18;;/h1-9,19,24-25H,10-17H2;2*1H. The molecule has 0 amide bonds. The first-order valence-corrected chi connectivity index (χ1v) is 9.27. The van der Waals surface area contributed by atoms with Gasteiger partial charge in [0.15, 0.2) is 0 Å². The van der Waals surface area contributed by atoms with E-state index in [2.05, 4.69) is 21.9 Å². The van der Waals surface area contributed by atoms with Crippen LogP contribution in [0.5, 0.6) is 5.75 Å². The van der Waals surface area contributed by atoms with Gasteiger partial charge in [0.25, 0.3) is 0 Å². The number of aliphatic hydroxyl groups excluding tert-OH is 2. The van der Waals surface area contributed by atoms with Crippen LogP contribution in [0.15, 0.2) is 54.6 Å². The van der Waals surface area contributed by atoms with Crippen molar-refractivity contribution in [2.24, 2.45) is 0 Å². The van der Waals surface area contributed by atoms with Gasteiger partial charge in [0.05, 0.1) is 6.61 Å². The summed E-state index contributed by atoms with van der Waals surface area (Å²) >= 11 is 0. The lowest BCUT2D eigenvalue weighted by Crippen LogP contribution is -2.49. The van der Waals surface area contributed by atoms with Crippen LogP contribution in [0, 0.1) is 0 Å². The van der Waals surface area contributed by atoms with Crippen molar-refractivity contribution < 1.29 is 14.9 Å². The first-order valence-electron chi connectivity index (χ1n) is 9.27. The van der Waals surface area contributed by atoms with Crippen LogP contribution < -0.4 is 4.74 Å². The van der Waals surface area contributed by atoms with Crippen molar-refractivity contribution in [3.8, 4) is 16.9 Å². The van der Waals surface area contributed by atoms with E-state index in [9.17, 15) is 5.11 Å². The van der Waals surface area contributed by atoms with Crippen molar-refractivity contribution >= 4 is 24.8 Å². The lowest BCUT2D eigenvalue weighted by Gasteiger charge is -2.35. The summed E-state index contributed by atoms with van der Waals surface area (Å²) in [6, 6.07) is 18.1. The molecule has 0 saturated carbocycles. The fraction of sp³-hybridized carbons (Fsp3) is 0.429. The number of aliphatic hydroxyl groups is 2. The topological polar surface area (TPSA) is 56.2 Å². The van der Waals surface area contributed by atoms with Crippen molar-refractivity contribution in [3.63, 3.8) is 0 Å². The zero-order valence-electron chi connectivity index (χ0n) is 15.9. The Hall–Kier alpha value is -1.34. The molecule has 0 radical (unpaired) electrons. The highest BCUT2D eigenvalue weighted by Gasteiger charge is 2.19. The Morgan fingerprint density at radius 1 is 0.857 bits per heavy atom. The molecule has 0 aliphatic carbocycles. The molecule has 1 atom stereocenters. The normalized spacial score (nSPS) is 15.9. The van der Waals surface area contributed by atoms with Gasteiger partial charge >= 0.3 is 0 Å². The van der Waals surface area contributed by atoms with Gasteiger partial charge in [0.1, 0.15) is 18.5 Å². The summed E-state index contributed by atoms with van der Waals surface area (Å²) in [6.07, 6.45) is -0.525. The van der Waals surface area contributed by atoms with E-state index in [4.69, 9.17) is 9.84 Å². The summed E-state index contributed by atoms with van der Waals surface area (Å²) in [4.78, 5) is 4.50. The second-order valence-corrected chi connectivity index (χ2v) is 6.69. The second kappa shape index (κ2) is 13.0. The number of benzene rings is 2. The highest BCUT2D eigenvalue weighted by molar-refractivity contribution is 5.85. The summed E-state index contributed by atoms with van der Waals surface area (Å²) < 4.78 is 5.93. The smallest absolute Gasteiger partial charge is 0.127 e. The highest BCUT2D eigenvalue weighted by Crippen LogP contribution is 2.29. The molecule has 1 unspecified atom stereocenters. The van der Waals surface area contributed by atoms with Crippen LogP contribution >= 0.6 is 24.8 Å². The summed E-state index contributed by atoms with van der Waals surface area (Å²) in [5.74, 6) is 0.797. The molecule has 156 valence electrons. The van der Waals surface area contributed by atoms with Crippen LogP contribution in [0.1, 0.15) is 0 Å². The van der Waals surface area contributed by atoms with Crippen LogP contribution in [0.25, 0.3) is 11.1 Å². The Kier molecular flexibility index (Phi) is 11.5. The number of nitrogens with zero attached hydrogens (tertiary/aromatic N) is 2. The van der Waals surface area contributed by atoms with Gasteiger partial charge in [-0.2, -0.15) is 0 Å². The molecule has 5 nitrogen and oxygen atoms in total. The fourth-order valence-corrected chi connectivity index (χ4v) is 3.32. The maximum absolute atomic E-state index is 10.4. The maximum Gasteiger partial charge on any atom is 0.127 e. The minimum atomic E-state index is -0.525. The van der Waals surface area contributed by atoms with Crippen molar-refractivity contribution in [1.82, 2.24) is 9.80 Å². The van der Waals surface area contributed by atoms with Crippen molar-refractivity contribution in [3.05, 3.63) is 54.6 Å². The number of rotatable bonds is 8. The number of β-amino-alcohol motifs (C(OH)–C–C–N with tert-alkyl or cyclic N) is 2. The second-order valence-electron chi connectivity index (χ2n) is 6.69. The molecule has 7 heteroatoms. The molecule has 2 aromatic rings. The first kappa shape index (κ1) is 24.7. The summed E-state index contributed by atoms with van der Waals surface area (Å²) in [5, 5.41) is 19.4. The Balaban J connectivity index is 0.00000196. The molecular formula is C21H30Cl2N2O3. The first-order chi connectivity index (χ1) is 12.8. The Morgan fingerprint density at radius 3 is 2.14 bits per heavy atom. The Morgan fingerprint density at radius 2 is 1.46 bits per heavy atom. The molecule has 1 aliphatic heterocycles. The lowest BCUT2D eigenvalue weighted by atomic mass is 10.1. The molecule has 0 aromatic heterocycles. The van der Waals surface area contributed by atoms with Crippen LogP contribution in [-0.2, 0) is 0 Å². The van der Waals surface area contributed by atoms with E-state index in [1.165, 1.54) is 0 Å². The minimum Gasteiger partial charge on any atom is -0.490 e. The van der Waals surface area contributed by atoms with Gasteiger partial charge in [-0.1, -0.05) is 48.5 Å². The van der Waals surface area contributed by atoms with E-state index in [1.54, 1.807) is 0 Å². The van der Waals surface area contributed by atoms with Crippen molar-refractivity contribution in [2.75, 3.05) is 52.5 Å². The number of hydrogen-bond acceptors (Lipinski definition) is 5. The van der Waals surface area contributed by atoms with Gasteiger partial charge < -0.3 is 14.9 Å². The van der Waals surface area contributed by atoms with E-state index in [0.717, 1.165) is 49.6 Å². The van der Waals surface area contributed by atoms with Crippen LogP contribution in [-0.4, -0.2) is 78.6 Å². The molecule has 1 aliphatic rings. The molecule has 2 aromatic carbocycles. The van der Waals surface area contributed by atoms with E-state index < -0.39 is 6.10 Å². The molecule has 0 bridgehead atoms. The van der Waals surface area contributed by atoms with E-state index >= 15 is 0 Å². The molecule has 1 saturated heterocycles. The molecule has 28 heavy (non-hydrogen) atoms. The van der Waals surface area contributed by atoms with Crippen LogP contribution in [0.3, 0.4) is 0 Å². The average Bonchev–Trinajstić information content (AvgIpc) is 2.69. The lowest BCUT2D eigenvalue weighted by molar-refractivity contribution is 0.0430. The average molecular weight is 429 g/mol. The molecule has 2 N–H and O–H groups in total. The van der Waals surface area contributed by atoms with Gasteiger partial charge in [0, 0.05) is 44.8 Å². The van der Waals surface area contributed by atoms with Gasteiger partial charge in [-0.15, -0.1) is 24.8 Å². The van der Waals surface area contributed by atoms with Crippen LogP contribution in [0.4, 0.5) is 0 Å². The van der Waals surface area contributed by atoms with Crippen molar-refractivity contribution in [1.29, 1.82) is 0 Å². The quantitative estimate of drug-likeness (QED) is 0.676. The van der Waals surface area contributed by atoms with Gasteiger partial charge in [-0.25, -0.2) is 0 Å². The largest absolute Gasteiger partial charge is 0.490 e. The predicted octanol–water partition coefficient (Wildman–Crippen LogP) is 2.55. The third-order valence-electron chi connectivity index (χ3n) is 4.75. The van der Waals surface area contributed by atoms with Gasteiger partial charge in [0.2, 0.25) is 0 Å². The van der Waals surface area contributed by atoms with E-state index in [0.29, 0.717) is 6.54 Å². The Labute approximate surface area is 179 Å². The monoisotopic (exact) mass is 428 g/mol. The fourth-order valence-electron chi connectivity index (χ4n) is 3.32. The number of para-hydroxylation sites is 1. The molecule has 3 rings (SSSR count). The number of piperazine rings is 1. The van der Waals surface area contributed by atoms with E-state index in [1.807, 2.05) is 42.5 Å². The number of halogens is 2. The highest BCUT2D eigenvalue weighted by atomic mass is 35.5. The zero-order valence-corrected chi connectivity index (χ0v) is 17.6. The third-order valence-corrected chi connectivity index (χ3v) is 4.75. The molecule has 0 spiro atoms. The third kappa shape index (κ3) is 7.24. The number of ether oxygens (including phenoxy) is 1. The van der Waals surface area contributed by atoms with Crippen LogP contribution in [0.2, 0.25) is 0 Å². The minimum absolute atomic E-state index is 0. The summed E-state index contributed by atoms with van der Waals surface area (Å²) in [6.45, 7) is 5.53. The van der Waals surface area contributed by atoms with E-state index in [-0.39, 0.29) is 38.0 Å². The maximum atomic E-state index is 10.4. The number of hydrogen-bond donors (Lipinski definition) is 2.